The zero-order valence-corrected chi connectivity index (χ0v) is 10.2. The number of aromatic nitrogens is 2. The number of anilines is 1. The predicted octanol–water partition coefficient (Wildman–Crippen LogP) is 2.35. The first-order chi connectivity index (χ1) is 8.81. The van der Waals surface area contributed by atoms with Crippen LogP contribution in [0.25, 0.3) is 10.9 Å². The van der Waals surface area contributed by atoms with E-state index >= 15 is 0 Å². The molecule has 1 aromatic carbocycles. The van der Waals surface area contributed by atoms with Gasteiger partial charge in [-0.3, -0.25) is 0 Å². The first-order valence-electron chi connectivity index (χ1n) is 6.47. The molecular weight excluding hydrogens is 226 g/mol. The molecule has 0 saturated heterocycles. The number of aliphatic hydroxyl groups excluding tert-OH is 1. The Kier molecular flexibility index (Phi) is 3.11. The van der Waals surface area contributed by atoms with Gasteiger partial charge in [0.05, 0.1) is 11.6 Å². The number of nitrogens with zero attached hydrogens (tertiary/aromatic N) is 2. The van der Waals surface area contributed by atoms with Gasteiger partial charge >= 0.3 is 0 Å². The number of fused-ring (bicyclic) bond motifs is 1. The second-order valence-corrected chi connectivity index (χ2v) is 4.90. The average Bonchev–Trinajstić information content (AvgIpc) is 2.41. The summed E-state index contributed by atoms with van der Waals surface area (Å²) in [4.78, 5) is 8.84. The van der Waals surface area contributed by atoms with E-state index in [0.29, 0.717) is 12.0 Å². The molecule has 1 fully saturated rings. The Bertz CT molecular complexity index is 535. The summed E-state index contributed by atoms with van der Waals surface area (Å²) in [5.41, 5.74) is 0.964. The molecule has 2 N–H and O–H groups in total. The molecule has 0 aliphatic heterocycles. The van der Waals surface area contributed by atoms with Gasteiger partial charge in [-0.1, -0.05) is 18.2 Å². The van der Waals surface area contributed by atoms with E-state index in [0.717, 1.165) is 36.6 Å². The highest BCUT2D eigenvalue weighted by atomic mass is 16.3. The van der Waals surface area contributed by atoms with Crippen LogP contribution in [-0.2, 0) is 0 Å². The summed E-state index contributed by atoms with van der Waals surface area (Å²) >= 11 is 0. The van der Waals surface area contributed by atoms with Crippen molar-refractivity contribution in [1.82, 2.24) is 9.97 Å². The van der Waals surface area contributed by atoms with Crippen LogP contribution in [0, 0.1) is 0 Å². The standard InChI is InChI=1S/C14H17N3O/c18-12-7-5-11(6-8-12)16-14-15-9-10-3-1-2-4-13(10)17-14/h1-4,9,11-12,18H,5-8H2,(H,15,16,17). The Morgan fingerprint density at radius 2 is 1.89 bits per heavy atom. The van der Waals surface area contributed by atoms with E-state index in [-0.39, 0.29) is 6.10 Å². The van der Waals surface area contributed by atoms with E-state index in [4.69, 9.17) is 0 Å². The zero-order chi connectivity index (χ0) is 12.4. The van der Waals surface area contributed by atoms with Crippen molar-refractivity contribution in [3.05, 3.63) is 30.5 Å². The van der Waals surface area contributed by atoms with Gasteiger partial charge in [0.1, 0.15) is 0 Å². The summed E-state index contributed by atoms with van der Waals surface area (Å²) < 4.78 is 0. The van der Waals surface area contributed by atoms with Crippen LogP contribution in [0.2, 0.25) is 0 Å². The van der Waals surface area contributed by atoms with E-state index in [1.54, 1.807) is 0 Å². The van der Waals surface area contributed by atoms with Gasteiger partial charge in [0.15, 0.2) is 0 Å². The summed E-state index contributed by atoms with van der Waals surface area (Å²) in [6.45, 7) is 0. The van der Waals surface area contributed by atoms with Crippen molar-refractivity contribution in [3.8, 4) is 0 Å². The summed E-state index contributed by atoms with van der Waals surface area (Å²) in [7, 11) is 0. The molecule has 1 aliphatic carbocycles. The minimum atomic E-state index is -0.124. The molecule has 0 bridgehead atoms. The smallest absolute Gasteiger partial charge is 0.223 e. The monoisotopic (exact) mass is 243 g/mol. The predicted molar refractivity (Wildman–Crippen MR) is 71.4 cm³/mol. The van der Waals surface area contributed by atoms with Crippen molar-refractivity contribution in [2.24, 2.45) is 0 Å². The molecule has 1 saturated carbocycles. The Labute approximate surface area is 106 Å². The number of nitrogens with one attached hydrogen (secondary N) is 1. The van der Waals surface area contributed by atoms with E-state index < -0.39 is 0 Å². The van der Waals surface area contributed by atoms with E-state index in [1.165, 1.54) is 0 Å². The summed E-state index contributed by atoms with van der Waals surface area (Å²) in [5.74, 6) is 0.690. The fourth-order valence-corrected chi connectivity index (χ4v) is 2.44. The maximum absolute atomic E-state index is 9.48. The van der Waals surface area contributed by atoms with Gasteiger partial charge in [-0.05, 0) is 31.7 Å². The van der Waals surface area contributed by atoms with Gasteiger partial charge in [0.2, 0.25) is 5.95 Å². The normalized spacial score (nSPS) is 24.1. The summed E-state index contributed by atoms with van der Waals surface area (Å²) in [6, 6.07) is 8.36. The van der Waals surface area contributed by atoms with Crippen LogP contribution < -0.4 is 5.32 Å². The molecule has 0 unspecified atom stereocenters. The quantitative estimate of drug-likeness (QED) is 0.850. The number of para-hydroxylation sites is 1. The molecule has 2 aromatic rings. The molecule has 1 aliphatic rings. The fraction of sp³-hybridized carbons (Fsp3) is 0.429. The lowest BCUT2D eigenvalue weighted by Gasteiger charge is -2.26. The Morgan fingerprint density at radius 3 is 2.72 bits per heavy atom. The molecule has 18 heavy (non-hydrogen) atoms. The highest BCUT2D eigenvalue weighted by Crippen LogP contribution is 2.21. The highest BCUT2D eigenvalue weighted by Gasteiger charge is 2.19. The topological polar surface area (TPSA) is 58.0 Å². The lowest BCUT2D eigenvalue weighted by molar-refractivity contribution is 0.126. The first kappa shape index (κ1) is 11.4. The third-order valence-corrected chi connectivity index (χ3v) is 3.52. The molecule has 0 atom stereocenters. The third-order valence-electron chi connectivity index (χ3n) is 3.52. The largest absolute Gasteiger partial charge is 0.393 e. The van der Waals surface area contributed by atoms with Crippen molar-refractivity contribution in [3.63, 3.8) is 0 Å². The van der Waals surface area contributed by atoms with Crippen LogP contribution in [-0.4, -0.2) is 27.2 Å². The molecule has 1 aromatic heterocycles. The number of aliphatic hydroxyl groups is 1. The van der Waals surface area contributed by atoms with E-state index in [2.05, 4.69) is 15.3 Å². The maximum atomic E-state index is 9.48. The summed E-state index contributed by atoms with van der Waals surface area (Å²) in [5, 5.41) is 13.9. The van der Waals surface area contributed by atoms with Crippen LogP contribution in [0.15, 0.2) is 30.5 Å². The van der Waals surface area contributed by atoms with Crippen LogP contribution in [0.3, 0.4) is 0 Å². The van der Waals surface area contributed by atoms with Crippen LogP contribution in [0.5, 0.6) is 0 Å². The maximum Gasteiger partial charge on any atom is 0.223 e. The van der Waals surface area contributed by atoms with Crippen molar-refractivity contribution in [2.75, 3.05) is 5.32 Å². The van der Waals surface area contributed by atoms with Gasteiger partial charge < -0.3 is 10.4 Å². The van der Waals surface area contributed by atoms with Crippen LogP contribution in [0.1, 0.15) is 25.7 Å². The van der Waals surface area contributed by atoms with Gasteiger partial charge in [-0.25, -0.2) is 9.97 Å². The second kappa shape index (κ2) is 4.90. The number of benzene rings is 1. The SMILES string of the molecule is OC1CCC(Nc2ncc3ccccc3n2)CC1. The van der Waals surface area contributed by atoms with Crippen molar-refractivity contribution in [1.29, 1.82) is 0 Å². The lowest BCUT2D eigenvalue weighted by Crippen LogP contribution is -2.28. The van der Waals surface area contributed by atoms with Gasteiger partial charge in [0.25, 0.3) is 0 Å². The number of hydrogen-bond donors (Lipinski definition) is 2. The summed E-state index contributed by atoms with van der Waals surface area (Å²) in [6.07, 6.45) is 5.42. The Balaban J connectivity index is 1.74. The number of hydrogen-bond acceptors (Lipinski definition) is 4. The van der Waals surface area contributed by atoms with Crippen molar-refractivity contribution in [2.45, 2.75) is 37.8 Å². The molecule has 3 rings (SSSR count). The third kappa shape index (κ3) is 2.43. The van der Waals surface area contributed by atoms with Gasteiger partial charge in [-0.2, -0.15) is 0 Å². The van der Waals surface area contributed by atoms with Crippen molar-refractivity contribution < 1.29 is 5.11 Å². The van der Waals surface area contributed by atoms with E-state index in [9.17, 15) is 5.11 Å². The lowest BCUT2D eigenvalue weighted by atomic mass is 9.93. The van der Waals surface area contributed by atoms with Crippen LogP contribution in [0.4, 0.5) is 5.95 Å². The minimum absolute atomic E-state index is 0.124. The molecular formula is C14H17N3O. The minimum Gasteiger partial charge on any atom is -0.393 e. The highest BCUT2D eigenvalue weighted by molar-refractivity contribution is 5.78. The molecule has 94 valence electrons. The molecule has 0 amide bonds. The molecule has 1 heterocycles. The Morgan fingerprint density at radius 1 is 1.11 bits per heavy atom. The molecule has 0 radical (unpaired) electrons. The zero-order valence-electron chi connectivity index (χ0n) is 10.2. The molecule has 4 nitrogen and oxygen atoms in total. The molecule has 0 spiro atoms. The van der Waals surface area contributed by atoms with Gasteiger partial charge in [-0.15, -0.1) is 0 Å². The second-order valence-electron chi connectivity index (χ2n) is 4.90. The first-order valence-corrected chi connectivity index (χ1v) is 6.47. The van der Waals surface area contributed by atoms with E-state index in [1.807, 2.05) is 30.5 Å². The average molecular weight is 243 g/mol. The molecule has 4 heteroatoms. The van der Waals surface area contributed by atoms with Crippen molar-refractivity contribution >= 4 is 16.9 Å². The fourth-order valence-electron chi connectivity index (χ4n) is 2.44. The number of rotatable bonds is 2. The van der Waals surface area contributed by atoms with Crippen LogP contribution >= 0.6 is 0 Å². The Hall–Kier alpha value is -1.68. The van der Waals surface area contributed by atoms with Gasteiger partial charge in [0, 0.05) is 17.6 Å².